The van der Waals surface area contributed by atoms with Gasteiger partial charge in [0.25, 0.3) is 0 Å². The average Bonchev–Trinajstić information content (AvgIpc) is 3.22. The zero-order valence-electron chi connectivity index (χ0n) is 19.1. The van der Waals surface area contributed by atoms with Gasteiger partial charge in [0.1, 0.15) is 5.75 Å². The van der Waals surface area contributed by atoms with E-state index < -0.39 is 0 Å². The van der Waals surface area contributed by atoms with Crippen LogP contribution in [0, 0.1) is 18.8 Å². The molecular weight excluding hydrogens is 434 g/mol. The number of aryl methyl sites for hydroxylation is 1. The van der Waals surface area contributed by atoms with Crippen molar-refractivity contribution < 1.29 is 14.3 Å². The van der Waals surface area contributed by atoms with E-state index >= 15 is 0 Å². The van der Waals surface area contributed by atoms with E-state index in [1.807, 2.05) is 48.2 Å². The third kappa shape index (κ3) is 4.37. The molecule has 2 atom stereocenters. The molecule has 170 valence electrons. The molecule has 2 heterocycles. The highest BCUT2D eigenvalue weighted by Gasteiger charge is 2.43. The summed E-state index contributed by atoms with van der Waals surface area (Å²) in [6, 6.07) is 13.7. The number of carbonyl (C=O) groups excluding carboxylic acids is 2. The van der Waals surface area contributed by atoms with Gasteiger partial charge in [0.15, 0.2) is 5.13 Å². The number of aromatic nitrogens is 1. The highest BCUT2D eigenvalue weighted by atomic mass is 32.1. The molecule has 2 amide bonds. The van der Waals surface area contributed by atoms with E-state index in [0.717, 1.165) is 52.5 Å². The van der Waals surface area contributed by atoms with E-state index in [4.69, 9.17) is 9.72 Å². The molecule has 2 aliphatic rings. The zero-order chi connectivity index (χ0) is 23.1. The predicted molar refractivity (Wildman–Crippen MR) is 131 cm³/mol. The lowest BCUT2D eigenvalue weighted by molar-refractivity contribution is -0.120. The average molecular weight is 462 g/mol. The van der Waals surface area contributed by atoms with Crippen molar-refractivity contribution in [1.82, 2.24) is 4.98 Å². The molecule has 2 unspecified atom stereocenters. The summed E-state index contributed by atoms with van der Waals surface area (Å²) >= 11 is 1.48. The minimum absolute atomic E-state index is 0.0992. The molecule has 1 saturated carbocycles. The molecule has 2 aromatic carbocycles. The SMILES string of the molecule is COc1ccc(CC(=O)Nc2nc(-c3ccc4c(c3)CCN4C(=O)C3CC3C)c(C)s2)cc1. The van der Waals surface area contributed by atoms with Crippen molar-refractivity contribution in [2.75, 3.05) is 23.9 Å². The second-order valence-corrected chi connectivity index (χ2v) is 10.1. The van der Waals surface area contributed by atoms with Gasteiger partial charge in [0.05, 0.1) is 19.2 Å². The van der Waals surface area contributed by atoms with Crippen LogP contribution in [0.1, 0.15) is 29.3 Å². The summed E-state index contributed by atoms with van der Waals surface area (Å²) in [7, 11) is 1.62. The first kappa shape index (κ1) is 21.6. The minimum Gasteiger partial charge on any atom is -0.497 e. The summed E-state index contributed by atoms with van der Waals surface area (Å²) in [5.41, 5.74) is 5.03. The number of fused-ring (bicyclic) bond motifs is 1. The van der Waals surface area contributed by atoms with Crippen molar-refractivity contribution in [2.24, 2.45) is 11.8 Å². The molecule has 1 aromatic heterocycles. The van der Waals surface area contributed by atoms with E-state index in [1.54, 1.807) is 7.11 Å². The van der Waals surface area contributed by atoms with Crippen molar-refractivity contribution >= 4 is 34.0 Å². The number of nitrogens with zero attached hydrogens (tertiary/aromatic N) is 2. The summed E-state index contributed by atoms with van der Waals surface area (Å²) in [6.07, 6.45) is 2.15. The number of rotatable bonds is 6. The Bertz CT molecular complexity index is 1220. The van der Waals surface area contributed by atoms with Gasteiger partial charge in [0.2, 0.25) is 11.8 Å². The Morgan fingerprint density at radius 3 is 2.67 bits per heavy atom. The summed E-state index contributed by atoms with van der Waals surface area (Å²) in [6.45, 7) is 4.91. The summed E-state index contributed by atoms with van der Waals surface area (Å²) in [5, 5.41) is 3.53. The van der Waals surface area contributed by atoms with Crippen LogP contribution in [0.15, 0.2) is 42.5 Å². The maximum absolute atomic E-state index is 12.7. The Hall–Kier alpha value is -3.19. The molecule has 33 heavy (non-hydrogen) atoms. The number of methoxy groups -OCH3 is 1. The van der Waals surface area contributed by atoms with Crippen molar-refractivity contribution in [3.8, 4) is 17.0 Å². The lowest BCUT2D eigenvalue weighted by Crippen LogP contribution is -2.30. The number of thiazole rings is 1. The molecule has 1 N–H and O–H groups in total. The summed E-state index contributed by atoms with van der Waals surface area (Å²) < 4.78 is 5.16. The molecule has 6 nitrogen and oxygen atoms in total. The molecule has 0 bridgehead atoms. The van der Waals surface area contributed by atoms with Crippen LogP contribution in [0.4, 0.5) is 10.8 Å². The number of ether oxygens (including phenoxy) is 1. The minimum atomic E-state index is -0.0992. The highest BCUT2D eigenvalue weighted by Crippen LogP contribution is 2.42. The highest BCUT2D eigenvalue weighted by molar-refractivity contribution is 7.16. The number of nitrogens with one attached hydrogen (secondary N) is 1. The predicted octanol–water partition coefficient (Wildman–Crippen LogP) is 4.85. The fraction of sp³-hybridized carbons (Fsp3) is 0.346. The Morgan fingerprint density at radius 1 is 1.21 bits per heavy atom. The van der Waals surface area contributed by atoms with Gasteiger partial charge in [-0.3, -0.25) is 9.59 Å². The van der Waals surface area contributed by atoms with Gasteiger partial charge < -0.3 is 15.0 Å². The molecule has 1 aliphatic heterocycles. The largest absolute Gasteiger partial charge is 0.497 e. The zero-order valence-corrected chi connectivity index (χ0v) is 19.9. The Balaban J connectivity index is 1.28. The molecule has 5 rings (SSSR count). The van der Waals surface area contributed by atoms with Crippen LogP contribution in [-0.2, 0) is 22.4 Å². The smallest absolute Gasteiger partial charge is 0.230 e. The summed E-state index contributed by atoms with van der Waals surface area (Å²) in [5.74, 6) is 1.64. The fourth-order valence-corrected chi connectivity index (χ4v) is 5.31. The van der Waals surface area contributed by atoms with Crippen LogP contribution in [0.25, 0.3) is 11.3 Å². The maximum atomic E-state index is 12.7. The van der Waals surface area contributed by atoms with Crippen molar-refractivity contribution in [3.63, 3.8) is 0 Å². The lowest BCUT2D eigenvalue weighted by atomic mass is 10.1. The first-order chi connectivity index (χ1) is 15.9. The number of hydrogen-bond acceptors (Lipinski definition) is 5. The Morgan fingerprint density at radius 2 is 1.97 bits per heavy atom. The van der Waals surface area contributed by atoms with Gasteiger partial charge in [0, 0.05) is 28.6 Å². The van der Waals surface area contributed by atoms with Crippen LogP contribution in [0.5, 0.6) is 5.75 Å². The van der Waals surface area contributed by atoms with Gasteiger partial charge in [-0.05, 0) is 61.1 Å². The quantitative estimate of drug-likeness (QED) is 0.569. The first-order valence-corrected chi connectivity index (χ1v) is 12.1. The van der Waals surface area contributed by atoms with E-state index in [-0.39, 0.29) is 24.2 Å². The molecule has 0 saturated heterocycles. The number of anilines is 2. The van der Waals surface area contributed by atoms with Crippen LogP contribution in [0.2, 0.25) is 0 Å². The normalized spacial score (nSPS) is 18.7. The van der Waals surface area contributed by atoms with E-state index in [0.29, 0.717) is 11.0 Å². The summed E-state index contributed by atoms with van der Waals surface area (Å²) in [4.78, 5) is 32.9. The Labute approximate surface area is 197 Å². The van der Waals surface area contributed by atoms with E-state index in [1.165, 1.54) is 16.9 Å². The lowest BCUT2D eigenvalue weighted by Gasteiger charge is -2.17. The molecule has 0 radical (unpaired) electrons. The molecule has 1 aliphatic carbocycles. The van der Waals surface area contributed by atoms with Crippen molar-refractivity contribution in [1.29, 1.82) is 0 Å². The Kier molecular flexibility index (Phi) is 5.66. The molecular formula is C26H27N3O3S. The number of benzene rings is 2. The monoisotopic (exact) mass is 461 g/mol. The maximum Gasteiger partial charge on any atom is 0.230 e. The fourth-order valence-electron chi connectivity index (χ4n) is 4.45. The van der Waals surface area contributed by atoms with Gasteiger partial charge >= 0.3 is 0 Å². The van der Waals surface area contributed by atoms with Crippen molar-refractivity contribution in [3.05, 3.63) is 58.5 Å². The van der Waals surface area contributed by atoms with Crippen LogP contribution in [-0.4, -0.2) is 30.5 Å². The third-order valence-electron chi connectivity index (χ3n) is 6.51. The molecule has 1 fully saturated rings. The second-order valence-electron chi connectivity index (χ2n) is 8.90. The standard InChI is InChI=1S/C26H27N3O3S/c1-15-12-21(15)25(31)29-11-10-18-14-19(6-9-22(18)29)24-16(2)33-26(28-24)27-23(30)13-17-4-7-20(32-3)8-5-17/h4-9,14-15,21H,10-13H2,1-3H3,(H,27,28,30). The van der Waals surface area contributed by atoms with Gasteiger partial charge in [-0.15, -0.1) is 11.3 Å². The van der Waals surface area contributed by atoms with E-state index in [9.17, 15) is 9.59 Å². The third-order valence-corrected chi connectivity index (χ3v) is 7.39. The van der Waals surface area contributed by atoms with E-state index in [2.05, 4.69) is 18.3 Å². The van der Waals surface area contributed by atoms with Crippen molar-refractivity contribution in [2.45, 2.75) is 33.1 Å². The topological polar surface area (TPSA) is 71.5 Å². The second kappa shape index (κ2) is 8.63. The molecule has 3 aromatic rings. The number of carbonyl (C=O) groups is 2. The van der Waals surface area contributed by atoms with Gasteiger partial charge in [-0.1, -0.05) is 25.1 Å². The first-order valence-electron chi connectivity index (χ1n) is 11.3. The van der Waals surface area contributed by atoms with Gasteiger partial charge in [-0.25, -0.2) is 4.98 Å². The van der Waals surface area contributed by atoms with Crippen LogP contribution in [0.3, 0.4) is 0 Å². The molecule has 0 spiro atoms. The number of amides is 2. The van der Waals surface area contributed by atoms with Crippen LogP contribution < -0.4 is 15.0 Å². The number of hydrogen-bond donors (Lipinski definition) is 1. The molecule has 7 heteroatoms. The van der Waals surface area contributed by atoms with Gasteiger partial charge in [-0.2, -0.15) is 0 Å². The van der Waals surface area contributed by atoms with Crippen LogP contribution >= 0.6 is 11.3 Å².